The summed E-state index contributed by atoms with van der Waals surface area (Å²) in [6.07, 6.45) is -3.47. The molecule has 0 bridgehead atoms. The summed E-state index contributed by atoms with van der Waals surface area (Å²) in [6, 6.07) is 4.63. The van der Waals surface area contributed by atoms with Gasteiger partial charge in [0, 0.05) is 6.54 Å². The van der Waals surface area contributed by atoms with E-state index < -0.39 is 36.6 Å². The molecule has 0 spiro atoms. The molecule has 1 aromatic rings. The minimum atomic E-state index is -4.53. The van der Waals surface area contributed by atoms with Crippen LogP contribution in [0.2, 0.25) is 0 Å². The second-order valence-corrected chi connectivity index (χ2v) is 5.41. The van der Waals surface area contributed by atoms with Crippen molar-refractivity contribution in [1.82, 2.24) is 10.2 Å². The van der Waals surface area contributed by atoms with Crippen molar-refractivity contribution in [3.8, 4) is 0 Å². The summed E-state index contributed by atoms with van der Waals surface area (Å²) in [5.41, 5.74) is 5.24. The first-order valence-corrected chi connectivity index (χ1v) is 7.24. The molecule has 0 aliphatic carbocycles. The Morgan fingerprint density at radius 1 is 1.30 bits per heavy atom. The van der Waals surface area contributed by atoms with Crippen molar-refractivity contribution in [3.63, 3.8) is 0 Å². The first-order chi connectivity index (χ1) is 10.8. The number of hydrogen-bond donors (Lipinski definition) is 2. The van der Waals surface area contributed by atoms with Crippen molar-refractivity contribution in [2.75, 3.05) is 13.1 Å². The van der Waals surface area contributed by atoms with E-state index in [2.05, 4.69) is 5.32 Å². The van der Waals surface area contributed by atoms with E-state index in [9.17, 15) is 22.8 Å². The second-order valence-electron chi connectivity index (χ2n) is 5.41. The topological polar surface area (TPSA) is 75.4 Å². The van der Waals surface area contributed by atoms with Gasteiger partial charge >= 0.3 is 6.18 Å². The summed E-state index contributed by atoms with van der Waals surface area (Å²) in [5.74, 6) is -1.19. The van der Waals surface area contributed by atoms with Crippen molar-refractivity contribution in [2.45, 2.75) is 31.1 Å². The standard InChI is InChI=1S/C15H18F3N3O2/c16-15(17,18)13(10-5-2-1-3-6-10)20-9-12(22)21-8-4-7-11(21)14(19)23/h1-3,5-6,11,13,20H,4,7-9H2,(H2,19,23)/t11-,13-/m0/s1. The maximum absolute atomic E-state index is 13.2. The summed E-state index contributed by atoms with van der Waals surface area (Å²) in [6.45, 7) is -0.182. The normalized spacial score (nSPS) is 19.6. The molecule has 0 aromatic heterocycles. The second kappa shape index (κ2) is 6.99. The number of nitrogens with one attached hydrogen (secondary N) is 1. The van der Waals surface area contributed by atoms with E-state index in [1.165, 1.54) is 29.2 Å². The summed E-state index contributed by atoms with van der Waals surface area (Å²) in [7, 11) is 0. The van der Waals surface area contributed by atoms with Crippen LogP contribution in [0.5, 0.6) is 0 Å². The highest BCUT2D eigenvalue weighted by atomic mass is 19.4. The maximum atomic E-state index is 13.2. The van der Waals surface area contributed by atoms with Gasteiger partial charge in [-0.2, -0.15) is 13.2 Å². The van der Waals surface area contributed by atoms with Crippen LogP contribution in [-0.2, 0) is 9.59 Å². The number of primary amides is 1. The Labute approximate surface area is 131 Å². The van der Waals surface area contributed by atoms with Crippen LogP contribution in [0.4, 0.5) is 13.2 Å². The van der Waals surface area contributed by atoms with Gasteiger partial charge in [0.2, 0.25) is 11.8 Å². The van der Waals surface area contributed by atoms with Crippen LogP contribution in [0.25, 0.3) is 0 Å². The quantitative estimate of drug-likeness (QED) is 0.856. The zero-order chi connectivity index (χ0) is 17.0. The Hall–Kier alpha value is -2.09. The number of nitrogens with two attached hydrogens (primary N) is 1. The van der Waals surface area contributed by atoms with Gasteiger partial charge in [-0.05, 0) is 18.4 Å². The lowest BCUT2D eigenvalue weighted by atomic mass is 10.1. The molecule has 126 valence electrons. The van der Waals surface area contributed by atoms with Crippen LogP contribution in [0.3, 0.4) is 0 Å². The summed E-state index contributed by atoms with van der Waals surface area (Å²) in [5, 5.41) is 2.24. The van der Waals surface area contributed by atoms with Gasteiger partial charge < -0.3 is 10.6 Å². The Morgan fingerprint density at radius 2 is 1.96 bits per heavy atom. The molecule has 8 heteroatoms. The fraction of sp³-hybridized carbons (Fsp3) is 0.467. The number of likely N-dealkylation sites (tertiary alicyclic amines) is 1. The monoisotopic (exact) mass is 329 g/mol. The molecule has 1 aromatic carbocycles. The number of benzene rings is 1. The van der Waals surface area contributed by atoms with Gasteiger partial charge in [0.25, 0.3) is 0 Å². The third-order valence-corrected chi connectivity index (χ3v) is 3.82. The first-order valence-electron chi connectivity index (χ1n) is 7.24. The largest absolute Gasteiger partial charge is 0.407 e. The van der Waals surface area contributed by atoms with Gasteiger partial charge in [-0.1, -0.05) is 30.3 Å². The van der Waals surface area contributed by atoms with Gasteiger partial charge in [0.1, 0.15) is 12.1 Å². The molecule has 2 atom stereocenters. The molecular formula is C15H18F3N3O2. The smallest absolute Gasteiger partial charge is 0.368 e. The number of alkyl halides is 3. The summed E-state index contributed by atoms with van der Waals surface area (Å²) in [4.78, 5) is 24.6. The van der Waals surface area contributed by atoms with Crippen molar-refractivity contribution in [2.24, 2.45) is 5.73 Å². The molecule has 23 heavy (non-hydrogen) atoms. The molecule has 1 fully saturated rings. The van der Waals surface area contributed by atoms with Crippen LogP contribution >= 0.6 is 0 Å². The van der Waals surface area contributed by atoms with E-state index in [0.717, 1.165) is 0 Å². The zero-order valence-electron chi connectivity index (χ0n) is 12.3. The molecule has 0 saturated carbocycles. The number of carbonyl (C=O) groups is 2. The molecule has 3 N–H and O–H groups in total. The third kappa shape index (κ3) is 4.22. The van der Waals surface area contributed by atoms with E-state index in [1.54, 1.807) is 6.07 Å². The lowest BCUT2D eigenvalue weighted by Gasteiger charge is -2.25. The van der Waals surface area contributed by atoms with E-state index >= 15 is 0 Å². The molecule has 2 amide bonds. The molecule has 2 rings (SSSR count). The first kappa shape index (κ1) is 17.3. The van der Waals surface area contributed by atoms with E-state index in [1.807, 2.05) is 0 Å². The third-order valence-electron chi connectivity index (χ3n) is 3.82. The van der Waals surface area contributed by atoms with Gasteiger partial charge in [-0.25, -0.2) is 0 Å². The minimum Gasteiger partial charge on any atom is -0.368 e. The number of nitrogens with zero attached hydrogens (tertiary/aromatic N) is 1. The van der Waals surface area contributed by atoms with Crippen LogP contribution < -0.4 is 11.1 Å². The highest BCUT2D eigenvalue weighted by Gasteiger charge is 2.41. The average molecular weight is 329 g/mol. The molecule has 0 radical (unpaired) electrons. The van der Waals surface area contributed by atoms with Gasteiger partial charge in [-0.3, -0.25) is 14.9 Å². The molecule has 1 saturated heterocycles. The molecule has 1 aliphatic rings. The Bertz CT molecular complexity index is 563. The molecule has 0 unspecified atom stereocenters. The Morgan fingerprint density at radius 3 is 2.52 bits per heavy atom. The predicted octanol–water partition coefficient (Wildman–Crippen LogP) is 1.36. The average Bonchev–Trinajstić information content (AvgIpc) is 2.96. The molecular weight excluding hydrogens is 311 g/mol. The summed E-state index contributed by atoms with van der Waals surface area (Å²) >= 11 is 0. The number of halogens is 3. The van der Waals surface area contributed by atoms with Crippen LogP contribution in [0, 0.1) is 0 Å². The Balaban J connectivity index is 2.04. The van der Waals surface area contributed by atoms with Gasteiger partial charge in [-0.15, -0.1) is 0 Å². The fourth-order valence-electron chi connectivity index (χ4n) is 2.72. The molecule has 1 aliphatic heterocycles. The lowest BCUT2D eigenvalue weighted by Crippen LogP contribution is -2.48. The van der Waals surface area contributed by atoms with Gasteiger partial charge in [0.05, 0.1) is 6.54 Å². The zero-order valence-corrected chi connectivity index (χ0v) is 12.3. The minimum absolute atomic E-state index is 0.0284. The molecule has 5 nitrogen and oxygen atoms in total. The highest BCUT2D eigenvalue weighted by molar-refractivity contribution is 5.88. The van der Waals surface area contributed by atoms with Gasteiger partial charge in [0.15, 0.2) is 0 Å². The van der Waals surface area contributed by atoms with E-state index in [4.69, 9.17) is 5.73 Å². The van der Waals surface area contributed by atoms with Crippen molar-refractivity contribution >= 4 is 11.8 Å². The van der Waals surface area contributed by atoms with Crippen LogP contribution in [0.15, 0.2) is 30.3 Å². The highest BCUT2D eigenvalue weighted by Crippen LogP contribution is 2.32. The summed E-state index contributed by atoms with van der Waals surface area (Å²) < 4.78 is 39.5. The number of amides is 2. The maximum Gasteiger partial charge on any atom is 0.407 e. The lowest BCUT2D eigenvalue weighted by molar-refractivity contribution is -0.159. The number of hydrogen-bond acceptors (Lipinski definition) is 3. The van der Waals surface area contributed by atoms with E-state index in [0.29, 0.717) is 19.4 Å². The van der Waals surface area contributed by atoms with Crippen molar-refractivity contribution in [3.05, 3.63) is 35.9 Å². The number of carbonyl (C=O) groups excluding carboxylic acids is 2. The van der Waals surface area contributed by atoms with Crippen LogP contribution in [-0.4, -0.2) is 42.0 Å². The number of rotatable bonds is 5. The fourth-order valence-corrected chi connectivity index (χ4v) is 2.72. The molecule has 1 heterocycles. The van der Waals surface area contributed by atoms with Crippen molar-refractivity contribution in [1.29, 1.82) is 0 Å². The van der Waals surface area contributed by atoms with Crippen molar-refractivity contribution < 1.29 is 22.8 Å². The van der Waals surface area contributed by atoms with E-state index in [-0.39, 0.29) is 5.56 Å². The predicted molar refractivity (Wildman–Crippen MR) is 77.2 cm³/mol. The Kier molecular flexibility index (Phi) is 5.25. The SMILES string of the molecule is NC(=O)[C@@H]1CCCN1C(=O)CN[C@@H](c1ccccc1)C(F)(F)F. The van der Waals surface area contributed by atoms with Crippen LogP contribution in [0.1, 0.15) is 24.4 Å².